The molecule has 1 atom stereocenters. The highest BCUT2D eigenvalue weighted by Crippen LogP contribution is 2.19. The molecule has 0 spiro atoms. The smallest absolute Gasteiger partial charge is 0.310 e. The molecule has 0 aromatic carbocycles. The van der Waals surface area contributed by atoms with Crippen LogP contribution in [-0.2, 0) is 14.3 Å². The maximum atomic E-state index is 11.7. The first kappa shape index (κ1) is 15.9. The van der Waals surface area contributed by atoms with Gasteiger partial charge in [0.2, 0.25) is 5.91 Å². The van der Waals surface area contributed by atoms with Crippen LogP contribution < -0.4 is 5.73 Å². The van der Waals surface area contributed by atoms with Crippen LogP contribution in [-0.4, -0.2) is 68.6 Å². The quantitative estimate of drug-likeness (QED) is 0.612. The van der Waals surface area contributed by atoms with Crippen LogP contribution in [0.2, 0.25) is 0 Å². The van der Waals surface area contributed by atoms with Crippen molar-refractivity contribution in [2.75, 3.05) is 46.9 Å². The van der Waals surface area contributed by atoms with E-state index in [0.29, 0.717) is 19.6 Å². The van der Waals surface area contributed by atoms with Gasteiger partial charge in [0.25, 0.3) is 0 Å². The number of likely N-dealkylation sites (tertiary alicyclic amines) is 1. The molecule has 19 heavy (non-hydrogen) atoms. The molecule has 2 N–H and O–H groups in total. The van der Waals surface area contributed by atoms with E-state index in [1.807, 2.05) is 0 Å². The number of carbonyl (C=O) groups is 2. The summed E-state index contributed by atoms with van der Waals surface area (Å²) < 4.78 is 4.68. The molecule has 1 saturated heterocycles. The van der Waals surface area contributed by atoms with Gasteiger partial charge in [0.05, 0.1) is 13.0 Å². The molecule has 1 rings (SSSR count). The number of amides is 1. The molecule has 0 bridgehead atoms. The number of nitrogens with two attached hydrogens (primary N) is 1. The minimum atomic E-state index is -0.285. The minimum absolute atomic E-state index is 0.0556. The fourth-order valence-electron chi connectivity index (χ4n) is 2.32. The van der Waals surface area contributed by atoms with Crippen molar-refractivity contribution in [3.8, 4) is 0 Å². The topological polar surface area (TPSA) is 75.9 Å². The molecule has 1 amide bonds. The third-order valence-corrected chi connectivity index (χ3v) is 3.46. The lowest BCUT2D eigenvalue weighted by Crippen LogP contribution is -2.31. The Morgan fingerprint density at radius 3 is 2.79 bits per heavy atom. The van der Waals surface area contributed by atoms with Gasteiger partial charge in [-0.05, 0) is 39.5 Å². The Morgan fingerprint density at radius 2 is 2.16 bits per heavy atom. The molecule has 0 radical (unpaired) electrons. The number of carbonyl (C=O) groups excluding carboxylic acids is 2. The molecular weight excluding hydrogens is 246 g/mol. The molecule has 6 heteroatoms. The molecule has 0 aromatic rings. The fourth-order valence-corrected chi connectivity index (χ4v) is 2.32. The summed E-state index contributed by atoms with van der Waals surface area (Å²) >= 11 is 0. The summed E-state index contributed by atoms with van der Waals surface area (Å²) in [7, 11) is 3.42. The Hall–Kier alpha value is -1.14. The van der Waals surface area contributed by atoms with Gasteiger partial charge in [-0.3, -0.25) is 9.59 Å². The molecular formula is C13H25N3O3. The van der Waals surface area contributed by atoms with Crippen LogP contribution in [0.1, 0.15) is 19.3 Å². The normalized spacial score (nSPS) is 19.3. The molecule has 1 heterocycles. The van der Waals surface area contributed by atoms with E-state index < -0.39 is 0 Å². The van der Waals surface area contributed by atoms with Crippen molar-refractivity contribution in [1.29, 1.82) is 0 Å². The van der Waals surface area contributed by atoms with Crippen LogP contribution in [0.5, 0.6) is 0 Å². The predicted molar refractivity (Wildman–Crippen MR) is 72.5 cm³/mol. The summed E-state index contributed by atoms with van der Waals surface area (Å²) in [6.45, 7) is 3.83. The zero-order chi connectivity index (χ0) is 14.3. The number of hydrogen-bond donors (Lipinski definition) is 1. The average molecular weight is 271 g/mol. The highest BCUT2D eigenvalue weighted by Gasteiger charge is 2.34. The van der Waals surface area contributed by atoms with Gasteiger partial charge in [0, 0.05) is 19.5 Å². The monoisotopic (exact) mass is 271 g/mol. The first-order valence-corrected chi connectivity index (χ1v) is 6.82. The molecule has 1 fully saturated rings. The zero-order valence-electron chi connectivity index (χ0n) is 11.9. The van der Waals surface area contributed by atoms with E-state index in [-0.39, 0.29) is 24.2 Å². The van der Waals surface area contributed by atoms with Crippen molar-refractivity contribution in [2.24, 2.45) is 11.7 Å². The van der Waals surface area contributed by atoms with Crippen LogP contribution in [0, 0.1) is 5.92 Å². The van der Waals surface area contributed by atoms with Crippen LogP contribution in [0.15, 0.2) is 0 Å². The lowest BCUT2D eigenvalue weighted by Gasteiger charge is -2.20. The Morgan fingerprint density at radius 1 is 1.47 bits per heavy atom. The summed E-state index contributed by atoms with van der Waals surface area (Å²) in [6.07, 6.45) is 2.19. The molecule has 6 nitrogen and oxygen atoms in total. The summed E-state index contributed by atoms with van der Waals surface area (Å²) in [6, 6.07) is 0. The zero-order valence-corrected chi connectivity index (χ0v) is 11.9. The average Bonchev–Trinajstić information content (AvgIpc) is 2.77. The van der Waals surface area contributed by atoms with Crippen molar-refractivity contribution >= 4 is 11.9 Å². The number of rotatable bonds is 8. The highest BCUT2D eigenvalue weighted by atomic mass is 16.5. The van der Waals surface area contributed by atoms with Crippen molar-refractivity contribution in [3.63, 3.8) is 0 Å². The molecule has 0 aromatic heterocycles. The van der Waals surface area contributed by atoms with E-state index in [0.717, 1.165) is 25.9 Å². The lowest BCUT2D eigenvalue weighted by molar-refractivity contribution is -0.145. The number of hydrogen-bond acceptors (Lipinski definition) is 5. The second-order valence-electron chi connectivity index (χ2n) is 5.06. The molecule has 0 aliphatic carbocycles. The lowest BCUT2D eigenvalue weighted by atomic mass is 10.1. The third-order valence-electron chi connectivity index (χ3n) is 3.46. The van der Waals surface area contributed by atoms with Crippen LogP contribution >= 0.6 is 0 Å². The molecule has 110 valence electrons. The Bertz CT molecular complexity index is 310. The van der Waals surface area contributed by atoms with Gasteiger partial charge in [0.1, 0.15) is 0 Å². The molecule has 0 saturated carbocycles. The predicted octanol–water partition coefficient (Wildman–Crippen LogP) is -0.321. The van der Waals surface area contributed by atoms with E-state index in [1.54, 1.807) is 4.90 Å². The van der Waals surface area contributed by atoms with Crippen LogP contribution in [0.3, 0.4) is 0 Å². The minimum Gasteiger partial charge on any atom is -0.469 e. The van der Waals surface area contributed by atoms with Gasteiger partial charge < -0.3 is 20.3 Å². The summed E-state index contributed by atoms with van der Waals surface area (Å²) in [5, 5.41) is 0. The van der Waals surface area contributed by atoms with E-state index in [9.17, 15) is 9.59 Å². The van der Waals surface area contributed by atoms with E-state index in [2.05, 4.69) is 16.7 Å². The largest absolute Gasteiger partial charge is 0.469 e. The molecule has 1 aliphatic rings. The van der Waals surface area contributed by atoms with Gasteiger partial charge in [-0.1, -0.05) is 0 Å². The standard InChI is InChI=1S/C13H25N3O3/c1-15(6-3-5-14)7-4-8-16-10-11(9-12(16)17)13(18)19-2/h11H,3-10,14H2,1-2H3. The van der Waals surface area contributed by atoms with Gasteiger partial charge in [-0.25, -0.2) is 0 Å². The maximum absolute atomic E-state index is 11.7. The number of esters is 1. The van der Waals surface area contributed by atoms with E-state index >= 15 is 0 Å². The third kappa shape index (κ3) is 5.16. The van der Waals surface area contributed by atoms with Gasteiger partial charge in [0.15, 0.2) is 0 Å². The molecule has 1 aliphatic heterocycles. The number of ether oxygens (including phenoxy) is 1. The first-order chi connectivity index (χ1) is 9.08. The van der Waals surface area contributed by atoms with E-state index in [1.165, 1.54) is 7.11 Å². The van der Waals surface area contributed by atoms with Crippen molar-refractivity contribution in [2.45, 2.75) is 19.3 Å². The number of nitrogens with zero attached hydrogens (tertiary/aromatic N) is 2. The number of methoxy groups -OCH3 is 1. The van der Waals surface area contributed by atoms with Gasteiger partial charge >= 0.3 is 5.97 Å². The van der Waals surface area contributed by atoms with E-state index in [4.69, 9.17) is 5.73 Å². The first-order valence-electron chi connectivity index (χ1n) is 6.82. The summed E-state index contributed by atoms with van der Waals surface area (Å²) in [5.74, 6) is -0.511. The second kappa shape index (κ2) is 8.12. The Balaban J connectivity index is 2.23. The van der Waals surface area contributed by atoms with Crippen LogP contribution in [0.4, 0.5) is 0 Å². The highest BCUT2D eigenvalue weighted by molar-refractivity contribution is 5.86. The van der Waals surface area contributed by atoms with Gasteiger partial charge in [-0.2, -0.15) is 0 Å². The summed E-state index contributed by atoms with van der Waals surface area (Å²) in [4.78, 5) is 27.1. The van der Waals surface area contributed by atoms with Crippen LogP contribution in [0.25, 0.3) is 0 Å². The summed E-state index contributed by atoms with van der Waals surface area (Å²) in [5.41, 5.74) is 5.46. The van der Waals surface area contributed by atoms with Crippen molar-refractivity contribution in [1.82, 2.24) is 9.80 Å². The second-order valence-corrected chi connectivity index (χ2v) is 5.06. The van der Waals surface area contributed by atoms with Crippen molar-refractivity contribution in [3.05, 3.63) is 0 Å². The van der Waals surface area contributed by atoms with Gasteiger partial charge in [-0.15, -0.1) is 0 Å². The Labute approximate surface area is 114 Å². The fraction of sp³-hybridized carbons (Fsp3) is 0.846. The SMILES string of the molecule is COC(=O)C1CC(=O)N(CCCN(C)CCCN)C1. The Kier molecular flexibility index (Phi) is 6.80. The molecule has 1 unspecified atom stereocenters. The van der Waals surface area contributed by atoms with Crippen molar-refractivity contribution < 1.29 is 14.3 Å². The maximum Gasteiger partial charge on any atom is 0.310 e.